The Hall–Kier alpha value is -3.24. The van der Waals surface area contributed by atoms with Crippen LogP contribution in [0.4, 0.5) is 0 Å². The van der Waals surface area contributed by atoms with Crippen LogP contribution in [0.3, 0.4) is 0 Å². The summed E-state index contributed by atoms with van der Waals surface area (Å²) in [4.78, 5) is 16.0. The second kappa shape index (κ2) is 10.0. The molecule has 27 heavy (non-hydrogen) atoms. The average Bonchev–Trinajstić information content (AvgIpc) is 2.73. The molecule has 0 aliphatic carbocycles. The van der Waals surface area contributed by atoms with E-state index in [1.165, 1.54) is 6.08 Å². The summed E-state index contributed by atoms with van der Waals surface area (Å²) in [7, 11) is 0. The number of ether oxygens (including phenoxy) is 1. The van der Waals surface area contributed by atoms with Crippen molar-refractivity contribution in [1.29, 1.82) is 0 Å². The zero-order chi connectivity index (χ0) is 18.7. The van der Waals surface area contributed by atoms with Crippen molar-refractivity contribution in [3.8, 4) is 0 Å². The van der Waals surface area contributed by atoms with Gasteiger partial charge in [-0.15, -0.1) is 0 Å². The van der Waals surface area contributed by atoms with E-state index in [1.807, 2.05) is 60.7 Å². The van der Waals surface area contributed by atoms with Gasteiger partial charge in [0.2, 0.25) is 5.91 Å². The first-order chi connectivity index (χ1) is 13.3. The lowest BCUT2D eigenvalue weighted by molar-refractivity contribution is -0.116. The fourth-order valence-electron chi connectivity index (χ4n) is 2.58. The smallest absolute Gasteiger partial charge is 0.244 e. The van der Waals surface area contributed by atoms with Crippen molar-refractivity contribution in [2.45, 2.75) is 19.8 Å². The molecule has 3 rings (SSSR count). The van der Waals surface area contributed by atoms with Crippen molar-refractivity contribution < 1.29 is 9.53 Å². The third-order valence-corrected chi connectivity index (χ3v) is 3.95. The molecule has 0 aliphatic heterocycles. The van der Waals surface area contributed by atoms with E-state index in [0.29, 0.717) is 19.8 Å². The van der Waals surface area contributed by atoms with Crippen LogP contribution in [0.2, 0.25) is 0 Å². The van der Waals surface area contributed by atoms with E-state index in [2.05, 4.69) is 16.4 Å². The summed E-state index contributed by atoms with van der Waals surface area (Å²) < 4.78 is 5.77. The maximum Gasteiger partial charge on any atom is 0.244 e. The van der Waals surface area contributed by atoms with E-state index < -0.39 is 0 Å². The molecule has 2 aromatic carbocycles. The average molecular weight is 358 g/mol. The number of benzene rings is 2. The summed E-state index contributed by atoms with van der Waals surface area (Å²) >= 11 is 0. The monoisotopic (exact) mass is 358 g/mol. The van der Waals surface area contributed by atoms with Crippen molar-refractivity contribution in [3.05, 3.63) is 107 Å². The van der Waals surface area contributed by atoms with Crippen molar-refractivity contribution in [2.75, 3.05) is 0 Å². The van der Waals surface area contributed by atoms with E-state index in [1.54, 1.807) is 18.5 Å². The minimum absolute atomic E-state index is 0.135. The van der Waals surface area contributed by atoms with E-state index in [4.69, 9.17) is 4.74 Å². The Bertz CT molecular complexity index is 877. The number of hydrogen-bond acceptors (Lipinski definition) is 3. The summed E-state index contributed by atoms with van der Waals surface area (Å²) in [5, 5.41) is 2.89. The van der Waals surface area contributed by atoms with Gasteiger partial charge in [-0.25, -0.2) is 0 Å². The Morgan fingerprint density at radius 2 is 1.70 bits per heavy atom. The van der Waals surface area contributed by atoms with Gasteiger partial charge in [-0.3, -0.25) is 9.78 Å². The summed E-state index contributed by atoms with van der Waals surface area (Å²) in [6, 6.07) is 21.9. The van der Waals surface area contributed by atoms with Crippen LogP contribution in [0.5, 0.6) is 0 Å². The lowest BCUT2D eigenvalue weighted by Crippen LogP contribution is -2.20. The molecule has 0 spiro atoms. The van der Waals surface area contributed by atoms with Crippen molar-refractivity contribution in [1.82, 2.24) is 10.3 Å². The zero-order valence-corrected chi connectivity index (χ0v) is 15.0. The second-order valence-corrected chi connectivity index (χ2v) is 6.14. The highest BCUT2D eigenvalue weighted by Crippen LogP contribution is 2.09. The molecule has 0 saturated carbocycles. The van der Waals surface area contributed by atoms with Crippen LogP contribution in [0.25, 0.3) is 6.08 Å². The molecular formula is C23H22N2O2. The predicted octanol–water partition coefficient (Wildman–Crippen LogP) is 4.13. The van der Waals surface area contributed by atoms with Gasteiger partial charge in [0.15, 0.2) is 0 Å². The minimum Gasteiger partial charge on any atom is -0.372 e. The molecule has 1 heterocycles. The number of carbonyl (C=O) groups is 1. The SMILES string of the molecule is O=C(C=Cc1cccnc1)NCc1cccc(COCc2ccccc2)c1. The number of amides is 1. The molecule has 0 aliphatic rings. The number of rotatable bonds is 8. The summed E-state index contributed by atoms with van der Waals surface area (Å²) in [6.45, 7) is 1.60. The van der Waals surface area contributed by atoms with Crippen molar-refractivity contribution >= 4 is 12.0 Å². The molecule has 0 unspecified atom stereocenters. The molecule has 1 aromatic heterocycles. The first-order valence-corrected chi connectivity index (χ1v) is 8.85. The molecule has 0 fully saturated rings. The van der Waals surface area contributed by atoms with Gasteiger partial charge in [0, 0.05) is 25.0 Å². The molecule has 3 aromatic rings. The minimum atomic E-state index is -0.135. The highest BCUT2D eigenvalue weighted by atomic mass is 16.5. The molecule has 136 valence electrons. The van der Waals surface area contributed by atoms with Gasteiger partial charge in [0.25, 0.3) is 0 Å². The summed E-state index contributed by atoms with van der Waals surface area (Å²) in [5.41, 5.74) is 4.18. The number of nitrogens with one attached hydrogen (secondary N) is 1. The summed E-state index contributed by atoms with van der Waals surface area (Å²) in [5.74, 6) is -0.135. The molecule has 4 nitrogen and oxygen atoms in total. The van der Waals surface area contributed by atoms with Gasteiger partial charge in [0.05, 0.1) is 13.2 Å². The third-order valence-electron chi connectivity index (χ3n) is 3.95. The Morgan fingerprint density at radius 1 is 0.926 bits per heavy atom. The fourth-order valence-corrected chi connectivity index (χ4v) is 2.58. The highest BCUT2D eigenvalue weighted by Gasteiger charge is 2.00. The standard InChI is InChI=1S/C23H22N2O2/c26-23(12-11-19-10-5-13-24-15-19)25-16-21-8-4-9-22(14-21)18-27-17-20-6-2-1-3-7-20/h1-15H,16-18H2,(H,25,26). The number of hydrogen-bond donors (Lipinski definition) is 1. The van der Waals surface area contributed by atoms with Crippen LogP contribution in [0.1, 0.15) is 22.3 Å². The second-order valence-electron chi connectivity index (χ2n) is 6.14. The molecular weight excluding hydrogens is 336 g/mol. The van der Waals surface area contributed by atoms with E-state index in [-0.39, 0.29) is 5.91 Å². The molecule has 1 N–H and O–H groups in total. The molecule has 0 atom stereocenters. The van der Waals surface area contributed by atoms with Crippen LogP contribution < -0.4 is 5.32 Å². The quantitative estimate of drug-likeness (QED) is 0.616. The molecule has 0 bridgehead atoms. The van der Waals surface area contributed by atoms with Crippen molar-refractivity contribution in [3.63, 3.8) is 0 Å². The molecule has 0 radical (unpaired) electrons. The first kappa shape index (κ1) is 18.5. The summed E-state index contributed by atoms with van der Waals surface area (Å²) in [6.07, 6.45) is 6.68. The fraction of sp³-hybridized carbons (Fsp3) is 0.130. The Morgan fingerprint density at radius 3 is 2.52 bits per heavy atom. The first-order valence-electron chi connectivity index (χ1n) is 8.85. The molecule has 4 heteroatoms. The van der Waals surface area contributed by atoms with E-state index in [9.17, 15) is 4.79 Å². The van der Waals surface area contributed by atoms with Gasteiger partial charge in [-0.05, 0) is 34.4 Å². The number of carbonyl (C=O) groups excluding carboxylic acids is 1. The van der Waals surface area contributed by atoms with Crippen LogP contribution in [-0.2, 0) is 29.3 Å². The topological polar surface area (TPSA) is 51.2 Å². The Kier molecular flexibility index (Phi) is 6.90. The Labute approximate surface area is 159 Å². The molecule has 0 saturated heterocycles. The van der Waals surface area contributed by atoms with Gasteiger partial charge in [-0.2, -0.15) is 0 Å². The number of pyridine rings is 1. The van der Waals surface area contributed by atoms with E-state index >= 15 is 0 Å². The van der Waals surface area contributed by atoms with Gasteiger partial charge < -0.3 is 10.1 Å². The van der Waals surface area contributed by atoms with Gasteiger partial charge >= 0.3 is 0 Å². The lowest BCUT2D eigenvalue weighted by atomic mass is 10.1. The lowest BCUT2D eigenvalue weighted by Gasteiger charge is -2.07. The predicted molar refractivity (Wildman–Crippen MR) is 106 cm³/mol. The van der Waals surface area contributed by atoms with Crippen molar-refractivity contribution in [2.24, 2.45) is 0 Å². The van der Waals surface area contributed by atoms with E-state index in [0.717, 1.165) is 22.3 Å². The molecule has 1 amide bonds. The zero-order valence-electron chi connectivity index (χ0n) is 15.0. The Balaban J connectivity index is 1.46. The van der Waals surface area contributed by atoms with Crippen LogP contribution in [0, 0.1) is 0 Å². The highest BCUT2D eigenvalue weighted by molar-refractivity contribution is 5.91. The normalized spacial score (nSPS) is 10.8. The van der Waals surface area contributed by atoms with Crippen LogP contribution in [0.15, 0.2) is 85.2 Å². The number of nitrogens with zero attached hydrogens (tertiary/aromatic N) is 1. The largest absolute Gasteiger partial charge is 0.372 e. The van der Waals surface area contributed by atoms with Gasteiger partial charge in [-0.1, -0.05) is 60.7 Å². The maximum atomic E-state index is 12.0. The van der Waals surface area contributed by atoms with Crippen LogP contribution in [-0.4, -0.2) is 10.9 Å². The van der Waals surface area contributed by atoms with Crippen LogP contribution >= 0.6 is 0 Å². The number of aromatic nitrogens is 1. The van der Waals surface area contributed by atoms with Gasteiger partial charge in [0.1, 0.15) is 0 Å². The third kappa shape index (κ3) is 6.53. The maximum absolute atomic E-state index is 12.0.